The highest BCUT2D eigenvalue weighted by Gasteiger charge is 2.52. The van der Waals surface area contributed by atoms with Crippen molar-refractivity contribution in [1.29, 1.82) is 0 Å². The standard InChI is InChI=1S/C28H28O10/c1-12(2)19-13(3)16-10-28(38-25(16)23(31)21(19)17(29)11-34-4)7-6-14-8-15-9-18(26(32)35-5)36-27(33)20(15)22(30)24(14)37-28/h8-9,11,13,23,29-31H,1,6-7,10H2,2-5H3/b17-11-/t13?,23?,28-/m0/s1. The summed E-state index contributed by atoms with van der Waals surface area (Å²) in [6.07, 6.45) is 0.919. The highest BCUT2D eigenvalue weighted by molar-refractivity contribution is 5.95. The first-order valence-electron chi connectivity index (χ1n) is 12.0. The van der Waals surface area contributed by atoms with Gasteiger partial charge in [0, 0.05) is 17.9 Å². The summed E-state index contributed by atoms with van der Waals surface area (Å²) in [6.45, 7) is 7.76. The van der Waals surface area contributed by atoms with Gasteiger partial charge < -0.3 is 38.7 Å². The zero-order valence-corrected chi connectivity index (χ0v) is 21.4. The Kier molecular flexibility index (Phi) is 6.02. The first-order valence-corrected chi connectivity index (χ1v) is 12.0. The van der Waals surface area contributed by atoms with Gasteiger partial charge in [0.2, 0.25) is 5.76 Å². The summed E-state index contributed by atoms with van der Waals surface area (Å²) in [4.78, 5) is 24.5. The molecule has 2 aliphatic heterocycles. The molecule has 2 aromatic rings. The Morgan fingerprint density at radius 1 is 1.24 bits per heavy atom. The number of carbonyl (C=O) groups excluding carboxylic acids is 1. The molecule has 10 nitrogen and oxygen atoms in total. The van der Waals surface area contributed by atoms with Gasteiger partial charge in [0.1, 0.15) is 23.5 Å². The molecule has 0 saturated heterocycles. The van der Waals surface area contributed by atoms with Gasteiger partial charge in [-0.05, 0) is 47.6 Å². The molecule has 5 rings (SSSR count). The first-order chi connectivity index (χ1) is 18.0. The van der Waals surface area contributed by atoms with E-state index in [1.54, 1.807) is 13.0 Å². The molecule has 0 amide bonds. The summed E-state index contributed by atoms with van der Waals surface area (Å²) in [5.41, 5.74) is 2.08. The van der Waals surface area contributed by atoms with Gasteiger partial charge in [0.15, 0.2) is 17.3 Å². The molecule has 1 aromatic heterocycles. The number of aliphatic hydroxyl groups is 2. The molecule has 1 aliphatic carbocycles. The normalized spacial score (nSPS) is 24.6. The number of aromatic hydroxyl groups is 1. The molecule has 200 valence electrons. The maximum Gasteiger partial charge on any atom is 0.374 e. The largest absolute Gasteiger partial charge is 0.504 e. The van der Waals surface area contributed by atoms with Crippen LogP contribution in [0.15, 0.2) is 68.0 Å². The second-order valence-electron chi connectivity index (χ2n) is 9.72. The van der Waals surface area contributed by atoms with Gasteiger partial charge in [-0.25, -0.2) is 9.59 Å². The van der Waals surface area contributed by atoms with Gasteiger partial charge in [-0.15, -0.1) is 0 Å². The number of fused-ring (bicyclic) bond motifs is 2. The van der Waals surface area contributed by atoms with Gasteiger partial charge in [-0.1, -0.05) is 19.1 Å². The van der Waals surface area contributed by atoms with Crippen LogP contribution in [0.1, 0.15) is 42.8 Å². The van der Waals surface area contributed by atoms with E-state index < -0.39 is 29.2 Å². The van der Waals surface area contributed by atoms with Gasteiger partial charge in [-0.3, -0.25) is 0 Å². The number of methoxy groups -OCH3 is 2. The van der Waals surface area contributed by atoms with E-state index in [2.05, 4.69) is 11.3 Å². The molecule has 1 spiro atoms. The minimum atomic E-state index is -1.29. The summed E-state index contributed by atoms with van der Waals surface area (Å²) >= 11 is 0. The van der Waals surface area contributed by atoms with Crippen molar-refractivity contribution < 1.29 is 43.5 Å². The Labute approximate surface area is 217 Å². The van der Waals surface area contributed by atoms with Crippen molar-refractivity contribution in [3.63, 3.8) is 0 Å². The fourth-order valence-electron chi connectivity index (χ4n) is 5.65. The zero-order chi connectivity index (χ0) is 27.5. The van der Waals surface area contributed by atoms with E-state index in [-0.39, 0.29) is 46.3 Å². The molecule has 0 saturated carbocycles. The fraction of sp³-hybridized carbons (Fsp3) is 0.357. The van der Waals surface area contributed by atoms with Crippen molar-refractivity contribution in [2.24, 2.45) is 5.92 Å². The number of phenolic OH excluding ortho intramolecular Hbond substituents is 1. The minimum Gasteiger partial charge on any atom is -0.504 e. The molecular formula is C28H28O10. The lowest BCUT2D eigenvalue weighted by molar-refractivity contribution is -0.158. The van der Waals surface area contributed by atoms with Crippen molar-refractivity contribution in [3.8, 4) is 11.5 Å². The molecule has 3 heterocycles. The topological polar surface area (TPSA) is 145 Å². The Morgan fingerprint density at radius 2 is 1.97 bits per heavy atom. The lowest BCUT2D eigenvalue weighted by Gasteiger charge is -2.36. The van der Waals surface area contributed by atoms with E-state index in [1.165, 1.54) is 20.3 Å². The maximum absolute atomic E-state index is 12.7. The molecule has 3 N–H and O–H groups in total. The van der Waals surface area contributed by atoms with Gasteiger partial charge >= 0.3 is 11.6 Å². The highest BCUT2D eigenvalue weighted by atomic mass is 16.7. The smallest absolute Gasteiger partial charge is 0.374 e. The molecular weight excluding hydrogens is 496 g/mol. The third-order valence-corrected chi connectivity index (χ3v) is 7.31. The number of aliphatic hydroxyl groups excluding tert-OH is 2. The molecule has 0 bridgehead atoms. The molecule has 38 heavy (non-hydrogen) atoms. The van der Waals surface area contributed by atoms with Crippen LogP contribution in [0, 0.1) is 5.92 Å². The summed E-state index contributed by atoms with van der Waals surface area (Å²) < 4.78 is 27.2. The van der Waals surface area contributed by atoms with E-state index in [1.807, 2.05) is 6.92 Å². The molecule has 0 fully saturated rings. The average molecular weight is 525 g/mol. The third kappa shape index (κ3) is 3.75. The van der Waals surface area contributed by atoms with Crippen LogP contribution in [0.2, 0.25) is 0 Å². The average Bonchev–Trinajstić information content (AvgIpc) is 3.25. The minimum absolute atomic E-state index is 0.0688. The van der Waals surface area contributed by atoms with E-state index in [0.717, 1.165) is 11.8 Å². The second-order valence-corrected chi connectivity index (χ2v) is 9.72. The van der Waals surface area contributed by atoms with Gasteiger partial charge in [0.05, 0.1) is 20.6 Å². The Hall–Kier alpha value is -4.18. The number of benzene rings is 1. The van der Waals surface area contributed by atoms with Crippen molar-refractivity contribution in [3.05, 3.63) is 80.5 Å². The number of rotatable bonds is 4. The van der Waals surface area contributed by atoms with Crippen molar-refractivity contribution in [2.75, 3.05) is 14.2 Å². The monoisotopic (exact) mass is 524 g/mol. The quantitative estimate of drug-likeness (QED) is 0.398. The molecule has 1 aromatic carbocycles. The summed E-state index contributed by atoms with van der Waals surface area (Å²) in [5.74, 6) is -2.93. The number of aryl methyl sites for hydroxylation is 1. The number of hydrogen-bond donors (Lipinski definition) is 3. The molecule has 2 unspecified atom stereocenters. The van der Waals surface area contributed by atoms with Crippen LogP contribution in [-0.2, 0) is 20.6 Å². The summed E-state index contributed by atoms with van der Waals surface area (Å²) in [5, 5.41) is 33.1. The Balaban J connectivity index is 1.53. The van der Waals surface area contributed by atoms with Crippen molar-refractivity contribution in [1.82, 2.24) is 0 Å². The second kappa shape index (κ2) is 8.98. The number of carbonyl (C=O) groups is 1. The molecule has 0 radical (unpaired) electrons. The molecule has 3 aliphatic rings. The third-order valence-electron chi connectivity index (χ3n) is 7.31. The summed E-state index contributed by atoms with van der Waals surface area (Å²) in [7, 11) is 2.56. The number of esters is 1. The fourth-order valence-corrected chi connectivity index (χ4v) is 5.65. The lowest BCUT2D eigenvalue weighted by atomic mass is 9.76. The Bertz CT molecular complexity index is 1540. The van der Waals surface area contributed by atoms with E-state index in [9.17, 15) is 24.9 Å². The lowest BCUT2D eigenvalue weighted by Crippen LogP contribution is -2.40. The van der Waals surface area contributed by atoms with Crippen LogP contribution in [0.5, 0.6) is 11.5 Å². The zero-order valence-electron chi connectivity index (χ0n) is 21.4. The molecule has 3 atom stereocenters. The van der Waals surface area contributed by atoms with Crippen LogP contribution >= 0.6 is 0 Å². The van der Waals surface area contributed by atoms with Crippen LogP contribution < -0.4 is 10.4 Å². The van der Waals surface area contributed by atoms with Crippen LogP contribution in [0.4, 0.5) is 0 Å². The Morgan fingerprint density at radius 3 is 2.63 bits per heavy atom. The first kappa shape index (κ1) is 25.5. The van der Waals surface area contributed by atoms with E-state index in [4.69, 9.17) is 18.6 Å². The van der Waals surface area contributed by atoms with Gasteiger partial charge in [-0.2, -0.15) is 0 Å². The van der Waals surface area contributed by atoms with Crippen LogP contribution in [0.3, 0.4) is 0 Å². The predicted molar refractivity (Wildman–Crippen MR) is 135 cm³/mol. The highest BCUT2D eigenvalue weighted by Crippen LogP contribution is 2.54. The van der Waals surface area contributed by atoms with E-state index in [0.29, 0.717) is 34.9 Å². The van der Waals surface area contributed by atoms with E-state index >= 15 is 0 Å². The van der Waals surface area contributed by atoms with Crippen LogP contribution in [0.25, 0.3) is 10.8 Å². The van der Waals surface area contributed by atoms with Crippen LogP contribution in [-0.4, -0.2) is 47.4 Å². The molecule has 10 heteroatoms. The van der Waals surface area contributed by atoms with Gasteiger partial charge in [0.25, 0.3) is 5.79 Å². The van der Waals surface area contributed by atoms with Crippen molar-refractivity contribution in [2.45, 2.75) is 45.0 Å². The number of allylic oxidation sites excluding steroid dienone is 2. The predicted octanol–water partition coefficient (Wildman–Crippen LogP) is 3.91. The summed E-state index contributed by atoms with van der Waals surface area (Å²) in [6, 6.07) is 3.00. The SMILES string of the molecule is C=C(C)C1=C(/C(O)=C/OC)C(O)C2=C(C[C@]3(CCc4cc5cc(C(=O)OC)oc(=O)c5c(O)c4O3)O2)C1C. The maximum atomic E-state index is 12.7. The number of phenols is 1. The van der Waals surface area contributed by atoms with Crippen molar-refractivity contribution >= 4 is 16.7 Å². The number of ether oxygens (including phenoxy) is 4. The number of hydrogen-bond acceptors (Lipinski definition) is 10.